The Kier molecular flexibility index (Phi) is 8.32. The summed E-state index contributed by atoms with van der Waals surface area (Å²) in [7, 11) is 0. The summed E-state index contributed by atoms with van der Waals surface area (Å²) in [6, 6.07) is 2.85. The topological polar surface area (TPSA) is 78.6 Å². The lowest BCUT2D eigenvalue weighted by molar-refractivity contribution is -0.137. The normalized spacial score (nSPS) is 21.6. The molecule has 0 aromatic carbocycles. The van der Waals surface area contributed by atoms with Crippen molar-refractivity contribution < 1.29 is 22.5 Å². The highest BCUT2D eigenvalue weighted by Gasteiger charge is 2.37. The number of carbonyl (C=O) groups excluding carboxylic acids is 1. The molecule has 0 bridgehead atoms. The minimum atomic E-state index is -4.45. The molecule has 38 heavy (non-hydrogen) atoms. The standard InChI is InChI=1S/C27H37F3N6O2/c1-19-32-25(38-33-19)18-34-13-9-22(10-14-34)35-15-11-23(12-16-35)36(26(37)20-5-3-2-4-6-20)24-8-7-21(17-31-24)27(28,29)30/h7-8,17,20,22-23H,2-6,9-16,18H2,1H3. The van der Waals surface area contributed by atoms with Gasteiger partial charge in [-0.3, -0.25) is 14.6 Å². The summed E-state index contributed by atoms with van der Waals surface area (Å²) >= 11 is 0. The number of halogens is 3. The number of piperidine rings is 2. The van der Waals surface area contributed by atoms with Gasteiger partial charge in [0.15, 0.2) is 5.82 Å². The molecule has 0 spiro atoms. The SMILES string of the molecule is Cc1noc(CN2CCC(N3CCC(N(C(=O)C4CCCCC4)c4ccc(C(F)(F)F)cn4)CC3)CC2)n1. The van der Waals surface area contributed by atoms with E-state index in [9.17, 15) is 18.0 Å². The first-order valence-electron chi connectivity index (χ1n) is 13.9. The molecule has 1 saturated carbocycles. The Bertz CT molecular complexity index is 1050. The van der Waals surface area contributed by atoms with Crippen LogP contribution in [0.25, 0.3) is 0 Å². The first-order chi connectivity index (χ1) is 18.3. The number of alkyl halides is 3. The maximum absolute atomic E-state index is 13.7. The molecule has 0 unspecified atom stereocenters. The Hall–Kier alpha value is -2.53. The number of aryl methyl sites for hydroxylation is 1. The van der Waals surface area contributed by atoms with Crippen molar-refractivity contribution >= 4 is 11.7 Å². The van der Waals surface area contributed by atoms with Gasteiger partial charge in [0.1, 0.15) is 5.82 Å². The van der Waals surface area contributed by atoms with Crippen LogP contribution in [-0.4, -0.2) is 69.1 Å². The van der Waals surface area contributed by atoms with Gasteiger partial charge in [0, 0.05) is 50.4 Å². The third-order valence-corrected chi connectivity index (χ3v) is 8.38. The van der Waals surface area contributed by atoms with Crippen molar-refractivity contribution in [1.29, 1.82) is 0 Å². The Labute approximate surface area is 221 Å². The van der Waals surface area contributed by atoms with Gasteiger partial charge >= 0.3 is 6.18 Å². The molecule has 208 valence electrons. The molecular formula is C27H37F3N6O2. The maximum atomic E-state index is 13.7. The lowest BCUT2D eigenvalue weighted by Crippen LogP contribution is -2.53. The molecule has 5 rings (SSSR count). The van der Waals surface area contributed by atoms with Gasteiger partial charge in [-0.05, 0) is 57.6 Å². The van der Waals surface area contributed by atoms with E-state index in [4.69, 9.17) is 4.52 Å². The van der Waals surface area contributed by atoms with Gasteiger partial charge in [-0.2, -0.15) is 18.2 Å². The average molecular weight is 535 g/mol. The minimum Gasteiger partial charge on any atom is -0.338 e. The number of rotatable bonds is 6. The molecule has 1 amide bonds. The predicted molar refractivity (Wildman–Crippen MR) is 135 cm³/mol. The fraction of sp³-hybridized carbons (Fsp3) is 0.704. The average Bonchev–Trinajstić information content (AvgIpc) is 3.34. The number of pyridine rings is 1. The molecule has 11 heteroatoms. The van der Waals surface area contributed by atoms with E-state index in [0.29, 0.717) is 30.1 Å². The zero-order valence-corrected chi connectivity index (χ0v) is 22.0. The van der Waals surface area contributed by atoms with Crippen LogP contribution in [0.15, 0.2) is 22.9 Å². The monoisotopic (exact) mass is 534 g/mol. The first-order valence-corrected chi connectivity index (χ1v) is 13.9. The van der Waals surface area contributed by atoms with E-state index in [1.165, 1.54) is 6.07 Å². The van der Waals surface area contributed by atoms with Crippen LogP contribution in [0.5, 0.6) is 0 Å². The number of carbonyl (C=O) groups is 1. The summed E-state index contributed by atoms with van der Waals surface area (Å²) in [5, 5.41) is 3.87. The summed E-state index contributed by atoms with van der Waals surface area (Å²) in [5.74, 6) is 1.61. The van der Waals surface area contributed by atoms with Crippen molar-refractivity contribution in [1.82, 2.24) is 24.9 Å². The van der Waals surface area contributed by atoms with E-state index in [1.807, 2.05) is 6.92 Å². The van der Waals surface area contributed by atoms with Crippen LogP contribution >= 0.6 is 0 Å². The second kappa shape index (κ2) is 11.7. The smallest absolute Gasteiger partial charge is 0.338 e. The molecule has 0 N–H and O–H groups in total. The molecule has 4 heterocycles. The minimum absolute atomic E-state index is 0.0278. The first kappa shape index (κ1) is 27.1. The highest BCUT2D eigenvalue weighted by Crippen LogP contribution is 2.34. The van der Waals surface area contributed by atoms with E-state index in [1.54, 1.807) is 4.90 Å². The highest BCUT2D eigenvalue weighted by molar-refractivity contribution is 5.94. The number of hydrogen-bond donors (Lipinski definition) is 0. The predicted octanol–water partition coefficient (Wildman–Crippen LogP) is 4.83. The van der Waals surface area contributed by atoms with Crippen molar-refractivity contribution in [3.63, 3.8) is 0 Å². The molecule has 2 aliphatic heterocycles. The van der Waals surface area contributed by atoms with Crippen LogP contribution in [-0.2, 0) is 17.5 Å². The van der Waals surface area contributed by atoms with Crippen molar-refractivity contribution in [3.05, 3.63) is 35.6 Å². The van der Waals surface area contributed by atoms with Crippen molar-refractivity contribution in [3.8, 4) is 0 Å². The van der Waals surface area contributed by atoms with Crippen LogP contribution < -0.4 is 4.90 Å². The molecular weight excluding hydrogens is 497 g/mol. The lowest BCUT2D eigenvalue weighted by atomic mass is 9.87. The summed E-state index contributed by atoms with van der Waals surface area (Å²) in [6.45, 7) is 6.16. The van der Waals surface area contributed by atoms with E-state index < -0.39 is 11.7 Å². The van der Waals surface area contributed by atoms with Crippen molar-refractivity contribution in [2.45, 2.75) is 89.5 Å². The molecule has 2 saturated heterocycles. The zero-order chi connectivity index (χ0) is 26.7. The molecule has 3 fully saturated rings. The van der Waals surface area contributed by atoms with E-state index >= 15 is 0 Å². The van der Waals surface area contributed by atoms with Crippen LogP contribution in [0.1, 0.15) is 75.1 Å². The van der Waals surface area contributed by atoms with Crippen LogP contribution in [0, 0.1) is 12.8 Å². The van der Waals surface area contributed by atoms with Gasteiger partial charge in [0.05, 0.1) is 12.1 Å². The molecule has 2 aromatic rings. The van der Waals surface area contributed by atoms with Gasteiger partial charge in [-0.1, -0.05) is 24.4 Å². The van der Waals surface area contributed by atoms with Gasteiger partial charge in [-0.25, -0.2) is 4.98 Å². The van der Waals surface area contributed by atoms with Gasteiger partial charge in [0.25, 0.3) is 0 Å². The molecule has 0 radical (unpaired) electrons. The molecule has 1 aliphatic carbocycles. The zero-order valence-electron chi connectivity index (χ0n) is 22.0. The fourth-order valence-corrected chi connectivity index (χ4v) is 6.27. The van der Waals surface area contributed by atoms with E-state index in [0.717, 1.165) is 96.2 Å². The molecule has 2 aromatic heterocycles. The van der Waals surface area contributed by atoms with Crippen molar-refractivity contribution in [2.24, 2.45) is 5.92 Å². The van der Waals surface area contributed by atoms with Crippen LogP contribution in [0.3, 0.4) is 0 Å². The Morgan fingerprint density at radius 1 is 1.03 bits per heavy atom. The second-order valence-corrected chi connectivity index (χ2v) is 11.0. The highest BCUT2D eigenvalue weighted by atomic mass is 19.4. The lowest BCUT2D eigenvalue weighted by Gasteiger charge is -2.44. The molecule has 8 nitrogen and oxygen atoms in total. The Morgan fingerprint density at radius 2 is 1.74 bits per heavy atom. The van der Waals surface area contributed by atoms with Gasteiger partial charge in [-0.15, -0.1) is 0 Å². The number of anilines is 1. The Balaban J connectivity index is 1.21. The van der Waals surface area contributed by atoms with Gasteiger partial charge in [0.2, 0.25) is 11.8 Å². The van der Waals surface area contributed by atoms with Crippen molar-refractivity contribution in [2.75, 3.05) is 31.1 Å². The number of nitrogens with zero attached hydrogens (tertiary/aromatic N) is 6. The van der Waals surface area contributed by atoms with Crippen LogP contribution in [0.2, 0.25) is 0 Å². The number of aromatic nitrogens is 3. The van der Waals surface area contributed by atoms with E-state index in [2.05, 4.69) is 24.9 Å². The number of amides is 1. The molecule has 3 aliphatic rings. The summed E-state index contributed by atoms with van der Waals surface area (Å²) in [6.07, 6.45) is 4.98. The van der Waals surface area contributed by atoms with Gasteiger partial charge < -0.3 is 9.42 Å². The van der Waals surface area contributed by atoms with Crippen LogP contribution in [0.4, 0.5) is 19.0 Å². The number of hydrogen-bond acceptors (Lipinski definition) is 7. The summed E-state index contributed by atoms with van der Waals surface area (Å²) in [5.41, 5.74) is -0.790. The third-order valence-electron chi connectivity index (χ3n) is 8.38. The fourth-order valence-electron chi connectivity index (χ4n) is 6.27. The number of likely N-dealkylation sites (tertiary alicyclic amines) is 2. The van der Waals surface area contributed by atoms with E-state index in [-0.39, 0.29) is 17.9 Å². The second-order valence-electron chi connectivity index (χ2n) is 11.0. The Morgan fingerprint density at radius 3 is 2.32 bits per heavy atom. The summed E-state index contributed by atoms with van der Waals surface area (Å²) < 4.78 is 44.7. The quantitative estimate of drug-likeness (QED) is 0.525. The third kappa shape index (κ3) is 6.36. The summed E-state index contributed by atoms with van der Waals surface area (Å²) in [4.78, 5) is 28.7. The largest absolute Gasteiger partial charge is 0.417 e. The maximum Gasteiger partial charge on any atom is 0.417 e. The molecule has 0 atom stereocenters.